The topological polar surface area (TPSA) is 37.3 Å². The molecule has 0 aromatic carbocycles. The zero-order valence-electron chi connectivity index (χ0n) is 14.0. The van der Waals surface area contributed by atoms with Gasteiger partial charge >= 0.3 is 5.97 Å². The Morgan fingerprint density at radius 3 is 1.19 bits per heavy atom. The maximum absolute atomic E-state index is 10.3. The van der Waals surface area contributed by atoms with Gasteiger partial charge in [0, 0.05) is 28.8 Å². The summed E-state index contributed by atoms with van der Waals surface area (Å²) in [5.74, 6) is -0.653. The van der Waals surface area contributed by atoms with Crippen molar-refractivity contribution in [1.82, 2.24) is 0 Å². The van der Waals surface area contributed by atoms with Crippen LogP contribution in [0.1, 0.15) is 110 Å². The second-order valence-corrected chi connectivity index (χ2v) is 6.09. The van der Waals surface area contributed by atoms with Gasteiger partial charge in [0.1, 0.15) is 0 Å². The molecule has 3 heteroatoms. The average molecular weight is 481 g/mol. The van der Waals surface area contributed by atoms with Gasteiger partial charge in [-0.25, -0.2) is 0 Å². The molecular formula is C18H36AuO2. The van der Waals surface area contributed by atoms with Crippen molar-refractivity contribution in [3.05, 3.63) is 0 Å². The van der Waals surface area contributed by atoms with E-state index in [1.54, 1.807) is 0 Å². The molecule has 1 N–H and O–H groups in total. The molecule has 21 heavy (non-hydrogen) atoms. The minimum atomic E-state index is -0.653. The zero-order chi connectivity index (χ0) is 14.9. The molecule has 0 rings (SSSR count). The third-order valence-corrected chi connectivity index (χ3v) is 3.99. The molecule has 0 saturated heterocycles. The van der Waals surface area contributed by atoms with Crippen molar-refractivity contribution in [2.24, 2.45) is 0 Å². The molecule has 0 unspecified atom stereocenters. The summed E-state index contributed by atoms with van der Waals surface area (Å²) in [6, 6.07) is 0. The van der Waals surface area contributed by atoms with Gasteiger partial charge in [0.05, 0.1) is 0 Å². The van der Waals surface area contributed by atoms with Gasteiger partial charge in [-0.2, -0.15) is 0 Å². The van der Waals surface area contributed by atoms with Crippen molar-refractivity contribution in [3.63, 3.8) is 0 Å². The van der Waals surface area contributed by atoms with E-state index >= 15 is 0 Å². The summed E-state index contributed by atoms with van der Waals surface area (Å²) in [7, 11) is 0. The third kappa shape index (κ3) is 22.6. The monoisotopic (exact) mass is 481 g/mol. The van der Waals surface area contributed by atoms with Crippen LogP contribution in [0.25, 0.3) is 0 Å². The quantitative estimate of drug-likeness (QED) is 0.207. The molecule has 0 aliphatic heterocycles. The van der Waals surface area contributed by atoms with Crippen molar-refractivity contribution in [1.29, 1.82) is 0 Å². The zero-order valence-corrected chi connectivity index (χ0v) is 16.1. The first-order chi connectivity index (χ1) is 9.77. The molecule has 0 saturated carbocycles. The van der Waals surface area contributed by atoms with Crippen molar-refractivity contribution >= 4 is 5.97 Å². The molecule has 1 radical (unpaired) electrons. The Balaban J connectivity index is 0. The van der Waals surface area contributed by atoms with Crippen LogP contribution in [0.5, 0.6) is 0 Å². The largest absolute Gasteiger partial charge is 0.481 e. The number of carboxylic acids is 1. The van der Waals surface area contributed by atoms with E-state index in [9.17, 15) is 4.79 Å². The van der Waals surface area contributed by atoms with Gasteiger partial charge in [0.15, 0.2) is 0 Å². The molecule has 0 spiro atoms. The fraction of sp³-hybridized carbons (Fsp3) is 0.944. The molecule has 0 heterocycles. The van der Waals surface area contributed by atoms with Gasteiger partial charge in [-0.1, -0.05) is 96.8 Å². The van der Waals surface area contributed by atoms with Crippen molar-refractivity contribution in [2.45, 2.75) is 110 Å². The van der Waals surface area contributed by atoms with Gasteiger partial charge in [-0.3, -0.25) is 4.79 Å². The minimum Gasteiger partial charge on any atom is -0.481 e. The first kappa shape index (κ1) is 23.5. The molecule has 0 aromatic heterocycles. The van der Waals surface area contributed by atoms with E-state index in [4.69, 9.17) is 5.11 Å². The van der Waals surface area contributed by atoms with Crippen LogP contribution in [0, 0.1) is 0 Å². The normalized spacial score (nSPS) is 10.3. The number of hydrogen-bond donors (Lipinski definition) is 1. The number of carboxylic acid groups (broad SMARTS) is 1. The van der Waals surface area contributed by atoms with Gasteiger partial charge in [-0.15, -0.1) is 0 Å². The molecule has 131 valence electrons. The minimum absolute atomic E-state index is 0. The summed E-state index contributed by atoms with van der Waals surface area (Å²) in [6.07, 6.45) is 20.2. The van der Waals surface area contributed by atoms with Gasteiger partial charge in [0.2, 0.25) is 0 Å². The van der Waals surface area contributed by atoms with Crippen LogP contribution < -0.4 is 0 Å². The standard InChI is InChI=1S/C18H36O2.Au/c1-2-3-4-5-6-7-8-9-10-11-12-13-14-15-16-17-18(19)20;/h2-17H2,1H3,(H,19,20);. The molecule has 0 amide bonds. The maximum Gasteiger partial charge on any atom is 0.303 e. The number of unbranched alkanes of at least 4 members (excludes halogenated alkanes) is 14. The molecule has 0 fully saturated rings. The summed E-state index contributed by atoms with van der Waals surface area (Å²) < 4.78 is 0. The van der Waals surface area contributed by atoms with E-state index < -0.39 is 5.97 Å². The van der Waals surface area contributed by atoms with Crippen LogP contribution in [-0.4, -0.2) is 11.1 Å². The summed E-state index contributed by atoms with van der Waals surface area (Å²) >= 11 is 0. The third-order valence-electron chi connectivity index (χ3n) is 3.99. The second kappa shape index (κ2) is 20.2. The van der Waals surface area contributed by atoms with Crippen LogP contribution in [0.2, 0.25) is 0 Å². The van der Waals surface area contributed by atoms with Crippen LogP contribution in [0.3, 0.4) is 0 Å². The molecule has 2 nitrogen and oxygen atoms in total. The Bertz CT molecular complexity index is 207. The molecule has 0 atom stereocenters. The van der Waals surface area contributed by atoms with E-state index in [0.29, 0.717) is 6.42 Å². The van der Waals surface area contributed by atoms with Crippen LogP contribution >= 0.6 is 0 Å². The average Bonchev–Trinajstić information content (AvgIpc) is 2.43. The van der Waals surface area contributed by atoms with Crippen molar-refractivity contribution < 1.29 is 32.3 Å². The first-order valence-electron chi connectivity index (χ1n) is 8.99. The van der Waals surface area contributed by atoms with Gasteiger partial charge < -0.3 is 5.11 Å². The number of carbonyl (C=O) groups is 1. The van der Waals surface area contributed by atoms with E-state index in [1.807, 2.05) is 0 Å². The Hall–Kier alpha value is 0.210. The predicted octanol–water partition coefficient (Wildman–Crippen LogP) is 6.33. The Morgan fingerprint density at radius 1 is 0.619 bits per heavy atom. The molecule has 0 bridgehead atoms. The van der Waals surface area contributed by atoms with E-state index in [-0.39, 0.29) is 22.4 Å². The maximum atomic E-state index is 10.3. The summed E-state index contributed by atoms with van der Waals surface area (Å²) in [5.41, 5.74) is 0. The summed E-state index contributed by atoms with van der Waals surface area (Å²) in [4.78, 5) is 10.3. The van der Waals surface area contributed by atoms with E-state index in [0.717, 1.165) is 12.8 Å². The number of rotatable bonds is 16. The first-order valence-corrected chi connectivity index (χ1v) is 8.99. The van der Waals surface area contributed by atoms with Crippen molar-refractivity contribution in [3.8, 4) is 0 Å². The summed E-state index contributed by atoms with van der Waals surface area (Å²) in [6.45, 7) is 2.27. The van der Waals surface area contributed by atoms with Crippen LogP contribution in [-0.2, 0) is 27.2 Å². The number of aliphatic carboxylic acids is 1. The van der Waals surface area contributed by atoms with Crippen LogP contribution in [0.4, 0.5) is 0 Å². The Labute approximate surface area is 148 Å². The molecular weight excluding hydrogens is 445 g/mol. The Kier molecular flexibility index (Phi) is 22.6. The SMILES string of the molecule is CCCCCCCCCCCCCCCCCC(=O)O.[Au]. The number of hydrogen-bond acceptors (Lipinski definition) is 1. The predicted molar refractivity (Wildman–Crippen MR) is 87.2 cm³/mol. The molecule has 0 aromatic rings. The molecule has 0 aliphatic carbocycles. The van der Waals surface area contributed by atoms with Crippen LogP contribution in [0.15, 0.2) is 0 Å². The Morgan fingerprint density at radius 2 is 0.905 bits per heavy atom. The summed E-state index contributed by atoms with van der Waals surface area (Å²) in [5, 5.41) is 8.52. The fourth-order valence-corrected chi connectivity index (χ4v) is 2.65. The second-order valence-electron chi connectivity index (χ2n) is 6.09. The smallest absolute Gasteiger partial charge is 0.303 e. The fourth-order valence-electron chi connectivity index (χ4n) is 2.65. The molecule has 0 aliphatic rings. The van der Waals surface area contributed by atoms with E-state index in [1.165, 1.54) is 83.5 Å². The van der Waals surface area contributed by atoms with E-state index in [2.05, 4.69) is 6.92 Å². The van der Waals surface area contributed by atoms with Gasteiger partial charge in [-0.05, 0) is 6.42 Å². The van der Waals surface area contributed by atoms with Gasteiger partial charge in [0.25, 0.3) is 0 Å². The van der Waals surface area contributed by atoms with Crippen molar-refractivity contribution in [2.75, 3.05) is 0 Å².